The van der Waals surface area contributed by atoms with E-state index >= 15 is 0 Å². The number of alkyl halides is 1. The van der Waals surface area contributed by atoms with Gasteiger partial charge in [-0.2, -0.15) is 9.37 Å². The number of carbonyl (C=O) groups is 1. The molecule has 3 unspecified atom stereocenters. The number of hydrogen-bond donors (Lipinski definition) is 0. The summed E-state index contributed by atoms with van der Waals surface area (Å²) in [5, 5.41) is 1.03. The highest BCUT2D eigenvalue weighted by atomic mass is 32.1. The molecule has 1 amide bonds. The molecule has 1 aromatic heterocycles. The Morgan fingerprint density at radius 3 is 2.40 bits per heavy atom. The van der Waals surface area contributed by atoms with Crippen LogP contribution in [0.15, 0.2) is 9.98 Å². The van der Waals surface area contributed by atoms with Crippen LogP contribution in [0.3, 0.4) is 0 Å². The third-order valence-electron chi connectivity index (χ3n) is 5.48. The van der Waals surface area contributed by atoms with Crippen molar-refractivity contribution in [2.24, 2.45) is 21.8 Å². The molecule has 3 aliphatic heterocycles. The van der Waals surface area contributed by atoms with Crippen LogP contribution in [0.1, 0.15) is 31.5 Å². The normalized spacial score (nSPS) is 32.1. The molecule has 0 radical (unpaired) electrons. The fourth-order valence-corrected chi connectivity index (χ4v) is 4.65. The van der Waals surface area contributed by atoms with Gasteiger partial charge in [0.1, 0.15) is 5.82 Å². The summed E-state index contributed by atoms with van der Waals surface area (Å²) < 4.78 is 18.0. The molecule has 132 valence electrons. The molecule has 0 bridgehead atoms. The average Bonchev–Trinajstić information content (AvgIpc) is 3.02. The molecular weight excluding hydrogens is 343 g/mol. The number of aliphatic imine (C=N–C) groups is 2. The van der Waals surface area contributed by atoms with E-state index in [-0.39, 0.29) is 5.71 Å². The second-order valence-corrected chi connectivity index (χ2v) is 8.14. The Hall–Kier alpha value is -1.90. The van der Waals surface area contributed by atoms with Crippen molar-refractivity contribution in [1.82, 2.24) is 14.3 Å². The Labute approximate surface area is 148 Å². The lowest BCUT2D eigenvalue weighted by molar-refractivity contribution is -0.120. The summed E-state index contributed by atoms with van der Waals surface area (Å²) in [5.74, 6) is 2.23. The first-order valence-corrected chi connectivity index (χ1v) is 9.51. The minimum absolute atomic E-state index is 0.204. The molecule has 0 aromatic carbocycles. The van der Waals surface area contributed by atoms with Crippen LogP contribution in [-0.4, -0.2) is 64.2 Å². The SMILES string of the molecule is CC1=NC(N2CC3CN(c4nc(C5CC5)ns4)CC3C2)=NC(=O)C1F. The van der Waals surface area contributed by atoms with Crippen molar-refractivity contribution in [1.29, 1.82) is 0 Å². The molecule has 5 rings (SSSR count). The van der Waals surface area contributed by atoms with E-state index in [1.54, 1.807) is 6.92 Å². The summed E-state index contributed by atoms with van der Waals surface area (Å²) in [7, 11) is 0. The Morgan fingerprint density at radius 1 is 1.08 bits per heavy atom. The van der Waals surface area contributed by atoms with Gasteiger partial charge in [-0.1, -0.05) is 0 Å². The van der Waals surface area contributed by atoms with E-state index < -0.39 is 12.1 Å². The number of rotatable bonds is 2. The molecule has 0 spiro atoms. The van der Waals surface area contributed by atoms with Gasteiger partial charge in [0, 0.05) is 55.5 Å². The summed E-state index contributed by atoms with van der Waals surface area (Å²) >= 11 is 1.50. The second-order valence-electron chi connectivity index (χ2n) is 7.41. The number of aromatic nitrogens is 2. The first kappa shape index (κ1) is 15.4. The van der Waals surface area contributed by atoms with Crippen molar-refractivity contribution in [2.75, 3.05) is 31.1 Å². The predicted octanol–water partition coefficient (Wildman–Crippen LogP) is 1.48. The van der Waals surface area contributed by atoms with Crippen molar-refractivity contribution < 1.29 is 9.18 Å². The van der Waals surface area contributed by atoms with E-state index in [4.69, 9.17) is 4.98 Å². The number of nitrogens with zero attached hydrogens (tertiary/aromatic N) is 6. The van der Waals surface area contributed by atoms with Gasteiger partial charge in [-0.3, -0.25) is 4.79 Å². The van der Waals surface area contributed by atoms with Crippen LogP contribution < -0.4 is 4.90 Å². The van der Waals surface area contributed by atoms with Gasteiger partial charge in [0.25, 0.3) is 5.91 Å². The van der Waals surface area contributed by atoms with Crippen molar-refractivity contribution >= 4 is 34.2 Å². The number of guanidine groups is 1. The van der Waals surface area contributed by atoms with Gasteiger partial charge in [-0.05, 0) is 19.8 Å². The standard InChI is InChI=1S/C16H19FN6OS/c1-8-12(17)14(24)20-15(18-8)22-4-10-6-23(7-11(10)5-22)16-19-13(21-25-16)9-2-3-9/h9-12H,2-7H2,1H3. The van der Waals surface area contributed by atoms with E-state index in [0.29, 0.717) is 23.7 Å². The highest BCUT2D eigenvalue weighted by Crippen LogP contribution is 2.41. The molecular formula is C16H19FN6OS. The zero-order chi connectivity index (χ0) is 17.1. The summed E-state index contributed by atoms with van der Waals surface area (Å²) in [5.41, 5.74) is 0.204. The summed E-state index contributed by atoms with van der Waals surface area (Å²) in [6, 6.07) is 0. The van der Waals surface area contributed by atoms with Gasteiger partial charge < -0.3 is 9.80 Å². The van der Waals surface area contributed by atoms with Gasteiger partial charge in [-0.25, -0.2) is 14.4 Å². The maximum absolute atomic E-state index is 13.5. The number of amides is 1. The van der Waals surface area contributed by atoms with Crippen molar-refractivity contribution in [3.63, 3.8) is 0 Å². The first-order chi connectivity index (χ1) is 12.1. The van der Waals surface area contributed by atoms with Gasteiger partial charge in [0.05, 0.1) is 5.71 Å². The van der Waals surface area contributed by atoms with Crippen molar-refractivity contribution in [2.45, 2.75) is 31.9 Å². The number of fused-ring (bicyclic) bond motifs is 1. The molecule has 4 aliphatic rings. The van der Waals surface area contributed by atoms with Crippen LogP contribution in [-0.2, 0) is 4.79 Å². The number of carbonyl (C=O) groups excluding carboxylic acids is 1. The highest BCUT2D eigenvalue weighted by Gasteiger charge is 2.43. The molecule has 1 aliphatic carbocycles. The van der Waals surface area contributed by atoms with Crippen molar-refractivity contribution in [3.05, 3.63) is 5.82 Å². The van der Waals surface area contributed by atoms with Crippen LogP contribution in [0.4, 0.5) is 9.52 Å². The first-order valence-electron chi connectivity index (χ1n) is 8.74. The molecule has 1 aromatic rings. The fraction of sp³-hybridized carbons (Fsp3) is 0.688. The number of halogens is 1. The summed E-state index contributed by atoms with van der Waals surface area (Å²) in [4.78, 5) is 28.7. The van der Waals surface area contributed by atoms with E-state index in [1.807, 2.05) is 4.90 Å². The highest BCUT2D eigenvalue weighted by molar-refractivity contribution is 7.09. The van der Waals surface area contributed by atoms with Crippen LogP contribution in [0.2, 0.25) is 0 Å². The van der Waals surface area contributed by atoms with E-state index in [1.165, 1.54) is 24.4 Å². The lowest BCUT2D eigenvalue weighted by Crippen LogP contribution is -2.38. The lowest BCUT2D eigenvalue weighted by Gasteiger charge is -2.23. The quantitative estimate of drug-likeness (QED) is 0.797. The number of anilines is 1. The Balaban J connectivity index is 1.26. The second kappa shape index (κ2) is 5.55. The van der Waals surface area contributed by atoms with E-state index in [9.17, 15) is 9.18 Å². The zero-order valence-corrected chi connectivity index (χ0v) is 14.7. The Morgan fingerprint density at radius 2 is 1.76 bits per heavy atom. The fourth-order valence-electron chi connectivity index (χ4n) is 3.89. The summed E-state index contributed by atoms with van der Waals surface area (Å²) in [6.45, 7) is 5.03. The molecule has 2 saturated heterocycles. The van der Waals surface area contributed by atoms with Crippen LogP contribution in [0.25, 0.3) is 0 Å². The monoisotopic (exact) mass is 362 g/mol. The lowest BCUT2D eigenvalue weighted by atomic mass is 10.0. The molecule has 9 heteroatoms. The topological polar surface area (TPSA) is 74.1 Å². The van der Waals surface area contributed by atoms with Crippen LogP contribution in [0, 0.1) is 11.8 Å². The molecule has 3 atom stereocenters. The molecule has 25 heavy (non-hydrogen) atoms. The summed E-state index contributed by atoms with van der Waals surface area (Å²) in [6.07, 6.45) is 0.757. The third kappa shape index (κ3) is 2.65. The molecule has 4 heterocycles. The smallest absolute Gasteiger partial charge is 0.289 e. The van der Waals surface area contributed by atoms with Gasteiger partial charge in [0.2, 0.25) is 17.3 Å². The minimum Gasteiger partial charge on any atom is -0.346 e. The minimum atomic E-state index is -1.68. The van der Waals surface area contributed by atoms with Crippen LogP contribution in [0.5, 0.6) is 0 Å². The van der Waals surface area contributed by atoms with Crippen LogP contribution >= 0.6 is 11.5 Å². The maximum Gasteiger partial charge on any atom is 0.289 e. The number of likely N-dealkylation sites (tertiary alicyclic amines) is 1. The van der Waals surface area contributed by atoms with Gasteiger partial charge in [-0.15, -0.1) is 0 Å². The number of hydrogen-bond acceptors (Lipinski definition) is 7. The molecule has 7 nitrogen and oxygen atoms in total. The largest absolute Gasteiger partial charge is 0.346 e. The molecule has 0 N–H and O–H groups in total. The Kier molecular flexibility index (Phi) is 3.41. The van der Waals surface area contributed by atoms with E-state index in [0.717, 1.165) is 37.1 Å². The van der Waals surface area contributed by atoms with E-state index in [2.05, 4.69) is 19.3 Å². The maximum atomic E-state index is 13.5. The molecule has 3 fully saturated rings. The zero-order valence-electron chi connectivity index (χ0n) is 13.9. The van der Waals surface area contributed by atoms with Gasteiger partial charge >= 0.3 is 0 Å². The Bertz CT molecular complexity index is 773. The van der Waals surface area contributed by atoms with Crippen molar-refractivity contribution in [3.8, 4) is 0 Å². The predicted molar refractivity (Wildman–Crippen MR) is 93.1 cm³/mol. The average molecular weight is 362 g/mol. The van der Waals surface area contributed by atoms with Gasteiger partial charge in [0.15, 0.2) is 0 Å². The third-order valence-corrected chi connectivity index (χ3v) is 6.27. The molecule has 1 saturated carbocycles.